The predicted octanol–water partition coefficient (Wildman–Crippen LogP) is 2.00. The van der Waals surface area contributed by atoms with Crippen molar-refractivity contribution in [1.82, 2.24) is 40.0 Å². The number of piperazine rings is 1. The van der Waals surface area contributed by atoms with Gasteiger partial charge in [0.2, 0.25) is 17.8 Å². The molecule has 12 heteroatoms. The molecular formula is C28H33N11O. The van der Waals surface area contributed by atoms with Crippen LogP contribution < -0.4 is 20.4 Å². The van der Waals surface area contributed by atoms with E-state index < -0.39 is 0 Å². The Balaban J connectivity index is 0.949. The summed E-state index contributed by atoms with van der Waals surface area (Å²) in [5, 5.41) is 11.0. The van der Waals surface area contributed by atoms with Crippen molar-refractivity contribution in [2.24, 2.45) is 0 Å². The normalized spacial score (nSPS) is 20.4. The predicted molar refractivity (Wildman–Crippen MR) is 151 cm³/mol. The van der Waals surface area contributed by atoms with E-state index in [1.165, 1.54) is 11.1 Å². The smallest absolute Gasteiger partial charge is 0.232 e. The standard InChI is InChI=1S/C28H33N11O/c1-2-4-21(5-3-1)28(6-7-28)22-14-30-26(31-15-22)37-9-11-38(12-10-37)27-33-20-32-25(36-27)35-23-16-34-39(18-23)19-24-17-29-8-13-40-24/h1-5,14-16,18,20,24,29H,6-13,17,19H2,(H,32,33,35,36). The van der Waals surface area contributed by atoms with Crippen LogP contribution in [0.4, 0.5) is 23.5 Å². The second-order valence-electron chi connectivity index (χ2n) is 10.6. The topological polar surface area (TPSA) is 122 Å². The molecule has 2 aliphatic heterocycles. The molecule has 1 aliphatic carbocycles. The van der Waals surface area contributed by atoms with Gasteiger partial charge in [0.15, 0.2) is 0 Å². The zero-order chi connectivity index (χ0) is 26.8. The second-order valence-corrected chi connectivity index (χ2v) is 10.6. The molecule has 1 atom stereocenters. The molecule has 2 saturated heterocycles. The van der Waals surface area contributed by atoms with Gasteiger partial charge in [0.25, 0.3) is 0 Å². The Bertz CT molecular complexity index is 1410. The maximum Gasteiger partial charge on any atom is 0.232 e. The van der Waals surface area contributed by atoms with Crippen LogP contribution in [0.2, 0.25) is 0 Å². The maximum absolute atomic E-state index is 5.77. The van der Waals surface area contributed by atoms with Crippen molar-refractivity contribution in [3.05, 3.63) is 72.6 Å². The van der Waals surface area contributed by atoms with Gasteiger partial charge in [-0.25, -0.2) is 19.9 Å². The van der Waals surface area contributed by atoms with Gasteiger partial charge in [0, 0.05) is 63.3 Å². The van der Waals surface area contributed by atoms with Gasteiger partial charge >= 0.3 is 0 Å². The van der Waals surface area contributed by atoms with E-state index in [0.717, 1.165) is 70.4 Å². The van der Waals surface area contributed by atoms with Crippen LogP contribution in [0.25, 0.3) is 0 Å². The molecule has 2 N–H and O–H groups in total. The average molecular weight is 540 g/mol. The monoisotopic (exact) mass is 539 g/mol. The average Bonchev–Trinajstić information content (AvgIpc) is 3.73. The summed E-state index contributed by atoms with van der Waals surface area (Å²) in [6, 6.07) is 10.7. The molecule has 0 spiro atoms. The highest BCUT2D eigenvalue weighted by Gasteiger charge is 2.46. The number of benzene rings is 1. The summed E-state index contributed by atoms with van der Waals surface area (Å²) in [5.41, 5.74) is 3.47. The fourth-order valence-electron chi connectivity index (χ4n) is 5.57. The number of nitrogens with one attached hydrogen (secondary N) is 2. The Morgan fingerprint density at radius 3 is 2.40 bits per heavy atom. The van der Waals surface area contributed by atoms with Gasteiger partial charge in [-0.15, -0.1) is 0 Å². The number of ether oxygens (including phenoxy) is 1. The molecule has 5 heterocycles. The Labute approximate surface area is 232 Å². The number of anilines is 4. The van der Waals surface area contributed by atoms with Crippen LogP contribution >= 0.6 is 0 Å². The van der Waals surface area contributed by atoms with Gasteiger partial charge in [0.05, 0.1) is 31.1 Å². The molecule has 1 unspecified atom stereocenters. The lowest BCUT2D eigenvalue weighted by Gasteiger charge is -2.34. The van der Waals surface area contributed by atoms with Crippen LogP contribution in [-0.4, -0.2) is 86.7 Å². The molecule has 12 nitrogen and oxygen atoms in total. The first kappa shape index (κ1) is 24.9. The lowest BCUT2D eigenvalue weighted by molar-refractivity contribution is 0.0161. The third-order valence-electron chi connectivity index (χ3n) is 7.96. The van der Waals surface area contributed by atoms with Crippen molar-refractivity contribution >= 4 is 23.5 Å². The molecule has 3 aliphatic rings. The van der Waals surface area contributed by atoms with Gasteiger partial charge in [0.1, 0.15) is 6.33 Å². The van der Waals surface area contributed by atoms with Crippen molar-refractivity contribution in [3.8, 4) is 0 Å². The van der Waals surface area contributed by atoms with Crippen LogP contribution in [0, 0.1) is 0 Å². The van der Waals surface area contributed by atoms with Crippen LogP contribution in [0.1, 0.15) is 24.0 Å². The zero-order valence-electron chi connectivity index (χ0n) is 22.4. The maximum atomic E-state index is 5.77. The van der Waals surface area contributed by atoms with Crippen molar-refractivity contribution < 1.29 is 4.74 Å². The number of aromatic nitrogens is 7. The van der Waals surface area contributed by atoms with Crippen LogP contribution in [0.3, 0.4) is 0 Å². The molecule has 0 radical (unpaired) electrons. The number of nitrogens with zero attached hydrogens (tertiary/aromatic N) is 9. The fraction of sp³-hybridized carbons (Fsp3) is 0.429. The number of hydrogen-bond acceptors (Lipinski definition) is 11. The summed E-state index contributed by atoms with van der Waals surface area (Å²) < 4.78 is 7.65. The lowest BCUT2D eigenvalue weighted by atomic mass is 9.90. The van der Waals surface area contributed by atoms with Crippen LogP contribution in [0.5, 0.6) is 0 Å². The summed E-state index contributed by atoms with van der Waals surface area (Å²) >= 11 is 0. The minimum atomic E-state index is 0.0862. The van der Waals surface area contributed by atoms with E-state index in [2.05, 4.69) is 70.8 Å². The molecular weight excluding hydrogens is 506 g/mol. The Morgan fingerprint density at radius 1 is 0.900 bits per heavy atom. The first-order valence-corrected chi connectivity index (χ1v) is 13.9. The highest BCUT2D eigenvalue weighted by molar-refractivity contribution is 5.52. The molecule has 206 valence electrons. The van der Waals surface area contributed by atoms with Gasteiger partial charge in [-0.3, -0.25) is 4.68 Å². The van der Waals surface area contributed by atoms with Gasteiger partial charge in [-0.05, 0) is 24.0 Å². The van der Waals surface area contributed by atoms with Gasteiger partial charge in [-0.2, -0.15) is 10.1 Å². The Morgan fingerprint density at radius 2 is 1.68 bits per heavy atom. The van der Waals surface area contributed by atoms with E-state index in [-0.39, 0.29) is 11.5 Å². The highest BCUT2D eigenvalue weighted by Crippen LogP contribution is 2.53. The van der Waals surface area contributed by atoms with Gasteiger partial charge in [-0.1, -0.05) is 30.3 Å². The quantitative estimate of drug-likeness (QED) is 0.342. The number of rotatable bonds is 8. The molecule has 0 amide bonds. The first-order valence-electron chi connectivity index (χ1n) is 13.9. The lowest BCUT2D eigenvalue weighted by Crippen LogP contribution is -2.47. The van der Waals surface area contributed by atoms with Crippen molar-refractivity contribution in [3.63, 3.8) is 0 Å². The molecule has 3 aromatic heterocycles. The van der Waals surface area contributed by atoms with E-state index in [1.807, 2.05) is 23.3 Å². The molecule has 4 aromatic rings. The third-order valence-corrected chi connectivity index (χ3v) is 7.96. The van der Waals surface area contributed by atoms with Crippen LogP contribution in [0.15, 0.2) is 61.4 Å². The SMILES string of the molecule is c1ccc(C2(c3cnc(N4CCN(c5ncnc(Nc6cnn(CC7CNCCO7)c6)n5)CC4)nc3)CC2)cc1. The van der Waals surface area contributed by atoms with Crippen molar-refractivity contribution in [2.75, 3.05) is 61.0 Å². The molecule has 7 rings (SSSR count). The minimum absolute atomic E-state index is 0.0862. The molecule has 1 aromatic carbocycles. The molecule has 1 saturated carbocycles. The highest BCUT2D eigenvalue weighted by atomic mass is 16.5. The summed E-state index contributed by atoms with van der Waals surface area (Å²) in [4.78, 5) is 27.3. The largest absolute Gasteiger partial charge is 0.374 e. The zero-order valence-corrected chi connectivity index (χ0v) is 22.4. The minimum Gasteiger partial charge on any atom is -0.374 e. The van der Waals surface area contributed by atoms with Crippen molar-refractivity contribution in [2.45, 2.75) is 30.9 Å². The van der Waals surface area contributed by atoms with E-state index in [0.29, 0.717) is 18.4 Å². The molecule has 3 fully saturated rings. The summed E-state index contributed by atoms with van der Waals surface area (Å²) in [5.74, 6) is 1.92. The summed E-state index contributed by atoms with van der Waals surface area (Å²) in [6.07, 6.45) is 11.7. The Kier molecular flexibility index (Phi) is 6.70. The third kappa shape index (κ3) is 5.19. The van der Waals surface area contributed by atoms with E-state index in [1.54, 1.807) is 12.5 Å². The molecule has 0 bridgehead atoms. The summed E-state index contributed by atoms with van der Waals surface area (Å²) in [6.45, 7) is 6.29. The van der Waals surface area contributed by atoms with E-state index >= 15 is 0 Å². The number of hydrogen-bond donors (Lipinski definition) is 2. The van der Waals surface area contributed by atoms with Crippen LogP contribution in [-0.2, 0) is 16.7 Å². The summed E-state index contributed by atoms with van der Waals surface area (Å²) in [7, 11) is 0. The van der Waals surface area contributed by atoms with E-state index in [9.17, 15) is 0 Å². The fourth-order valence-corrected chi connectivity index (χ4v) is 5.57. The van der Waals surface area contributed by atoms with E-state index in [4.69, 9.17) is 14.7 Å². The second kappa shape index (κ2) is 10.8. The van der Waals surface area contributed by atoms with Gasteiger partial charge < -0.3 is 25.2 Å². The molecule has 40 heavy (non-hydrogen) atoms. The first-order chi connectivity index (χ1) is 19.7. The Hall–Kier alpha value is -4.16. The van der Waals surface area contributed by atoms with Crippen molar-refractivity contribution in [1.29, 1.82) is 0 Å². The number of morpholine rings is 1.